The van der Waals surface area contributed by atoms with E-state index in [9.17, 15) is 19.5 Å². The minimum absolute atomic E-state index is 0.0541. The fourth-order valence-corrected chi connectivity index (χ4v) is 3.88. The van der Waals surface area contributed by atoms with Crippen molar-refractivity contribution in [3.8, 4) is 0 Å². The first kappa shape index (κ1) is 18.0. The Balaban J connectivity index is 1.94. The second-order valence-corrected chi connectivity index (χ2v) is 7.68. The monoisotopic (exact) mass is 348 g/mol. The molecule has 3 aliphatic rings. The summed E-state index contributed by atoms with van der Waals surface area (Å²) in [6, 6.07) is 0. The van der Waals surface area contributed by atoms with E-state index < -0.39 is 29.9 Å². The first-order valence-electron chi connectivity index (χ1n) is 8.65. The van der Waals surface area contributed by atoms with Crippen molar-refractivity contribution in [1.29, 1.82) is 0 Å². The van der Waals surface area contributed by atoms with Gasteiger partial charge >= 0.3 is 5.97 Å². The lowest BCUT2D eigenvalue weighted by Crippen LogP contribution is -2.35. The minimum atomic E-state index is -1.05. The normalized spacial score (nSPS) is 41.2. The van der Waals surface area contributed by atoms with E-state index in [1.165, 1.54) is 0 Å². The highest BCUT2D eigenvalue weighted by Gasteiger charge is 2.49. The van der Waals surface area contributed by atoms with Crippen molar-refractivity contribution in [2.24, 2.45) is 5.92 Å². The van der Waals surface area contributed by atoms with Crippen LogP contribution in [0.5, 0.6) is 0 Å². The second-order valence-electron chi connectivity index (χ2n) is 7.68. The molecule has 5 atom stereocenters. The zero-order chi connectivity index (χ0) is 18.4. The second kappa shape index (κ2) is 6.50. The molecule has 0 saturated carbocycles. The van der Waals surface area contributed by atoms with Crippen molar-refractivity contribution in [3.63, 3.8) is 0 Å². The molecule has 25 heavy (non-hydrogen) atoms. The fourth-order valence-electron chi connectivity index (χ4n) is 3.88. The smallest absolute Gasteiger partial charge is 0.336 e. The van der Waals surface area contributed by atoms with Crippen LogP contribution in [0, 0.1) is 5.92 Å². The summed E-state index contributed by atoms with van der Waals surface area (Å²) in [5, 5.41) is 10.5. The molecule has 6 heteroatoms. The predicted octanol–water partition coefficient (Wildman–Crippen LogP) is 1.65. The zero-order valence-corrected chi connectivity index (χ0v) is 14.6. The van der Waals surface area contributed by atoms with Crippen LogP contribution in [-0.4, -0.2) is 46.6 Å². The molecule has 0 aromatic heterocycles. The Hall–Kier alpha value is -1.79. The molecule has 0 radical (unpaired) electrons. The molecule has 136 valence electrons. The molecule has 4 bridgehead atoms. The van der Waals surface area contributed by atoms with Crippen LogP contribution in [0.25, 0.3) is 0 Å². The summed E-state index contributed by atoms with van der Waals surface area (Å²) in [5.41, 5.74) is 0.194. The highest BCUT2D eigenvalue weighted by Crippen LogP contribution is 2.38. The van der Waals surface area contributed by atoms with Crippen LogP contribution in [0.3, 0.4) is 0 Å². The molecule has 0 aromatic rings. The number of carbonyl (C=O) groups is 3. The molecule has 3 aliphatic heterocycles. The zero-order valence-electron chi connectivity index (χ0n) is 14.6. The highest BCUT2D eigenvalue weighted by molar-refractivity contribution is 5.93. The molecule has 3 rings (SSSR count). The molecule has 1 N–H and O–H groups in total. The Morgan fingerprint density at radius 1 is 1.32 bits per heavy atom. The summed E-state index contributed by atoms with van der Waals surface area (Å²) in [6.45, 7) is 7.50. The summed E-state index contributed by atoms with van der Waals surface area (Å²) >= 11 is 0. The van der Waals surface area contributed by atoms with E-state index in [0.717, 1.165) is 5.57 Å². The number of hydrogen-bond donors (Lipinski definition) is 1. The predicted molar refractivity (Wildman–Crippen MR) is 88.7 cm³/mol. The van der Waals surface area contributed by atoms with Gasteiger partial charge in [0.15, 0.2) is 5.78 Å². The van der Waals surface area contributed by atoms with E-state index in [2.05, 4.69) is 6.58 Å². The molecule has 6 nitrogen and oxygen atoms in total. The molecule has 3 heterocycles. The Bertz CT molecular complexity index is 663. The van der Waals surface area contributed by atoms with Gasteiger partial charge in [-0.1, -0.05) is 18.2 Å². The molecule has 1 unspecified atom stereocenters. The third-order valence-electron chi connectivity index (χ3n) is 5.34. The molecule has 0 aromatic carbocycles. The van der Waals surface area contributed by atoms with Gasteiger partial charge < -0.3 is 14.6 Å². The topological polar surface area (TPSA) is 89.9 Å². The Labute approximate surface area is 146 Å². The SMILES string of the molecule is C=C(C)[C@H]1C/C=C2\C(=O)OC(C[C@@]3(C)CC(=O)[C@H](CC(=O)C1)O3)[C@@H]2O. The maximum atomic E-state index is 12.4. The number of esters is 1. The number of Topliss-reactive ketones (excluding diaryl/α,β-unsaturated/α-hetero) is 2. The standard InChI is InChI=1S/C19H24O6/c1-10(2)11-4-5-13-17(22)16(24-18(13)23)9-19(3)8-14(21)15(25-19)7-12(20)6-11/h5,11,15-17,22H,1,4,6-9H2,2-3H3/b13-5-/t11-,15-,16?,17+,19+/m0/s1. The molecule has 0 spiro atoms. The van der Waals surface area contributed by atoms with E-state index in [-0.39, 0.29) is 48.7 Å². The largest absolute Gasteiger partial charge is 0.456 e. The molecular weight excluding hydrogens is 324 g/mol. The van der Waals surface area contributed by atoms with Gasteiger partial charge in [0.1, 0.15) is 24.1 Å². The molecule has 0 aliphatic carbocycles. The van der Waals surface area contributed by atoms with E-state index >= 15 is 0 Å². The van der Waals surface area contributed by atoms with Crippen molar-refractivity contribution in [2.45, 2.75) is 69.9 Å². The quantitative estimate of drug-likeness (QED) is 0.572. The molecular formula is C19H24O6. The third-order valence-corrected chi connectivity index (χ3v) is 5.34. The van der Waals surface area contributed by atoms with Crippen LogP contribution in [0.1, 0.15) is 46.0 Å². The van der Waals surface area contributed by atoms with Gasteiger partial charge in [-0.3, -0.25) is 9.59 Å². The number of fused-ring (bicyclic) bond motifs is 4. The Kier molecular flexibility index (Phi) is 4.68. The summed E-state index contributed by atoms with van der Waals surface area (Å²) < 4.78 is 11.2. The summed E-state index contributed by atoms with van der Waals surface area (Å²) in [5.74, 6) is -0.871. The van der Waals surface area contributed by atoms with Gasteiger partial charge in [-0.05, 0) is 26.2 Å². The number of ether oxygens (including phenoxy) is 2. The average Bonchev–Trinajstić information content (AvgIpc) is 2.91. The van der Waals surface area contributed by atoms with E-state index in [4.69, 9.17) is 9.47 Å². The van der Waals surface area contributed by atoms with Crippen LogP contribution in [-0.2, 0) is 23.9 Å². The van der Waals surface area contributed by atoms with Gasteiger partial charge in [0.25, 0.3) is 0 Å². The van der Waals surface area contributed by atoms with Crippen molar-refractivity contribution in [1.82, 2.24) is 0 Å². The minimum Gasteiger partial charge on any atom is -0.456 e. The molecule has 0 amide bonds. The van der Waals surface area contributed by atoms with Gasteiger partial charge in [-0.2, -0.15) is 0 Å². The van der Waals surface area contributed by atoms with Crippen LogP contribution in [0.4, 0.5) is 0 Å². The summed E-state index contributed by atoms with van der Waals surface area (Å²) in [6.07, 6.45) is 0.187. The average molecular weight is 348 g/mol. The Morgan fingerprint density at radius 3 is 2.72 bits per heavy atom. The first-order valence-corrected chi connectivity index (χ1v) is 8.65. The lowest BCUT2D eigenvalue weighted by molar-refractivity contribution is -0.144. The van der Waals surface area contributed by atoms with Gasteiger partial charge in [-0.15, -0.1) is 0 Å². The van der Waals surface area contributed by atoms with E-state index in [1.54, 1.807) is 13.0 Å². The lowest BCUT2D eigenvalue weighted by atomic mass is 9.87. The van der Waals surface area contributed by atoms with Crippen LogP contribution in [0.15, 0.2) is 23.8 Å². The number of aliphatic hydroxyl groups is 1. The van der Waals surface area contributed by atoms with Crippen molar-refractivity contribution in [2.75, 3.05) is 0 Å². The number of aliphatic hydroxyl groups excluding tert-OH is 1. The van der Waals surface area contributed by atoms with E-state index in [1.807, 2.05) is 6.92 Å². The lowest BCUT2D eigenvalue weighted by Gasteiger charge is -2.27. The highest BCUT2D eigenvalue weighted by atomic mass is 16.6. The van der Waals surface area contributed by atoms with Crippen LogP contribution in [0.2, 0.25) is 0 Å². The summed E-state index contributed by atoms with van der Waals surface area (Å²) in [4.78, 5) is 36.8. The maximum absolute atomic E-state index is 12.4. The fraction of sp³-hybridized carbons (Fsp3) is 0.632. The number of carbonyl (C=O) groups excluding carboxylic acids is 3. The van der Waals surface area contributed by atoms with Gasteiger partial charge in [0.2, 0.25) is 0 Å². The number of hydrogen-bond acceptors (Lipinski definition) is 6. The molecule has 2 fully saturated rings. The summed E-state index contributed by atoms with van der Waals surface area (Å²) in [7, 11) is 0. The van der Waals surface area contributed by atoms with Crippen molar-refractivity contribution in [3.05, 3.63) is 23.8 Å². The van der Waals surface area contributed by atoms with Gasteiger partial charge in [0.05, 0.1) is 11.2 Å². The third kappa shape index (κ3) is 3.60. The Morgan fingerprint density at radius 2 is 2.04 bits per heavy atom. The van der Waals surface area contributed by atoms with Gasteiger partial charge in [-0.25, -0.2) is 4.79 Å². The van der Waals surface area contributed by atoms with Gasteiger partial charge in [0, 0.05) is 25.7 Å². The van der Waals surface area contributed by atoms with Crippen LogP contribution < -0.4 is 0 Å². The van der Waals surface area contributed by atoms with Crippen LogP contribution >= 0.6 is 0 Å². The van der Waals surface area contributed by atoms with Crippen molar-refractivity contribution >= 4 is 17.5 Å². The number of rotatable bonds is 1. The first-order chi connectivity index (χ1) is 11.7. The van der Waals surface area contributed by atoms with Crippen molar-refractivity contribution < 1.29 is 29.0 Å². The number of allylic oxidation sites excluding steroid dienone is 2. The number of ketones is 2. The maximum Gasteiger partial charge on any atom is 0.336 e. The van der Waals surface area contributed by atoms with E-state index in [0.29, 0.717) is 6.42 Å². The molecule has 2 saturated heterocycles.